The maximum Gasteiger partial charge on any atom is 0.242 e. The van der Waals surface area contributed by atoms with E-state index in [1.807, 2.05) is 0 Å². The maximum atomic E-state index is 12.3. The van der Waals surface area contributed by atoms with E-state index in [2.05, 4.69) is 15.5 Å². The van der Waals surface area contributed by atoms with Crippen molar-refractivity contribution >= 4 is 11.8 Å². The molecule has 2 amide bonds. The Bertz CT molecular complexity index is 413. The number of piperidine rings is 1. The monoisotopic (exact) mass is 307 g/mol. The molecule has 5 heteroatoms. The number of likely N-dealkylation sites (tertiary alicyclic amines) is 1. The molecule has 3 atom stereocenters. The molecule has 1 aliphatic carbocycles. The fourth-order valence-electron chi connectivity index (χ4n) is 4.34. The molecule has 3 fully saturated rings. The molecular formula is C17H29N3O2. The van der Waals surface area contributed by atoms with Gasteiger partial charge in [-0.15, -0.1) is 0 Å². The Balaban J connectivity index is 1.46. The van der Waals surface area contributed by atoms with Crippen LogP contribution in [0, 0.1) is 11.8 Å². The van der Waals surface area contributed by atoms with Crippen molar-refractivity contribution in [2.75, 3.05) is 26.2 Å². The first kappa shape index (κ1) is 15.8. The molecule has 2 aliphatic heterocycles. The number of rotatable bonds is 3. The normalized spacial score (nSPS) is 33.5. The smallest absolute Gasteiger partial charge is 0.242 e. The zero-order valence-electron chi connectivity index (χ0n) is 13.5. The van der Waals surface area contributed by atoms with Gasteiger partial charge < -0.3 is 10.6 Å². The third-order valence-corrected chi connectivity index (χ3v) is 5.61. The highest BCUT2D eigenvalue weighted by atomic mass is 16.2. The quantitative estimate of drug-likeness (QED) is 0.826. The van der Waals surface area contributed by atoms with Crippen LogP contribution in [0.3, 0.4) is 0 Å². The van der Waals surface area contributed by atoms with Crippen molar-refractivity contribution in [2.45, 2.75) is 57.4 Å². The number of amides is 2. The topological polar surface area (TPSA) is 61.4 Å². The van der Waals surface area contributed by atoms with E-state index in [0.29, 0.717) is 6.54 Å². The van der Waals surface area contributed by atoms with Crippen LogP contribution in [0.5, 0.6) is 0 Å². The molecule has 0 spiro atoms. The lowest BCUT2D eigenvalue weighted by Gasteiger charge is -2.41. The molecule has 2 N–H and O–H groups in total. The van der Waals surface area contributed by atoms with Crippen molar-refractivity contribution in [1.82, 2.24) is 15.5 Å². The zero-order valence-corrected chi connectivity index (χ0v) is 13.5. The SMILES string of the molecule is O=C(CN1CC[C@@H]2CCCC[C@@H]2C1)N[C@@H]1CCCCNC1=O. The lowest BCUT2D eigenvalue weighted by Crippen LogP contribution is -2.50. The Hall–Kier alpha value is -1.10. The number of carbonyl (C=O) groups is 2. The minimum absolute atomic E-state index is 0.0105. The molecule has 0 unspecified atom stereocenters. The van der Waals surface area contributed by atoms with E-state index in [-0.39, 0.29) is 17.9 Å². The molecule has 2 heterocycles. The van der Waals surface area contributed by atoms with Crippen LogP contribution in [0.4, 0.5) is 0 Å². The van der Waals surface area contributed by atoms with E-state index < -0.39 is 0 Å². The van der Waals surface area contributed by atoms with Crippen molar-refractivity contribution in [3.05, 3.63) is 0 Å². The molecule has 2 saturated heterocycles. The van der Waals surface area contributed by atoms with Crippen LogP contribution in [0.2, 0.25) is 0 Å². The van der Waals surface area contributed by atoms with Gasteiger partial charge in [-0.25, -0.2) is 0 Å². The first-order chi connectivity index (χ1) is 10.7. The molecule has 22 heavy (non-hydrogen) atoms. The van der Waals surface area contributed by atoms with Crippen molar-refractivity contribution in [3.63, 3.8) is 0 Å². The van der Waals surface area contributed by atoms with Crippen LogP contribution in [-0.4, -0.2) is 48.9 Å². The van der Waals surface area contributed by atoms with Gasteiger partial charge in [-0.05, 0) is 50.5 Å². The van der Waals surface area contributed by atoms with Crippen LogP contribution >= 0.6 is 0 Å². The second-order valence-electron chi connectivity index (χ2n) is 7.24. The number of carbonyl (C=O) groups excluding carboxylic acids is 2. The van der Waals surface area contributed by atoms with Crippen LogP contribution in [0.25, 0.3) is 0 Å². The van der Waals surface area contributed by atoms with Crippen molar-refractivity contribution in [3.8, 4) is 0 Å². The summed E-state index contributed by atoms with van der Waals surface area (Å²) in [5.74, 6) is 1.67. The lowest BCUT2D eigenvalue weighted by atomic mass is 9.75. The van der Waals surface area contributed by atoms with Gasteiger partial charge in [0.1, 0.15) is 6.04 Å². The predicted octanol–water partition coefficient (Wildman–Crippen LogP) is 1.28. The molecule has 3 aliphatic rings. The standard InChI is InChI=1S/C17H29N3O2/c21-16(19-15-7-3-4-9-18-17(15)22)12-20-10-8-13-5-1-2-6-14(13)11-20/h13-15H,1-12H2,(H,18,22)(H,19,21)/t13-,14+,15+/m0/s1. The molecular weight excluding hydrogens is 278 g/mol. The average Bonchev–Trinajstić information content (AvgIpc) is 2.72. The largest absolute Gasteiger partial charge is 0.354 e. The summed E-state index contributed by atoms with van der Waals surface area (Å²) in [5, 5.41) is 5.81. The highest BCUT2D eigenvalue weighted by Gasteiger charge is 2.32. The predicted molar refractivity (Wildman–Crippen MR) is 85.3 cm³/mol. The fraction of sp³-hybridized carbons (Fsp3) is 0.882. The third-order valence-electron chi connectivity index (χ3n) is 5.61. The summed E-state index contributed by atoms with van der Waals surface area (Å²) in [4.78, 5) is 26.4. The van der Waals surface area contributed by atoms with E-state index in [4.69, 9.17) is 0 Å². The number of hydrogen-bond donors (Lipinski definition) is 2. The summed E-state index contributed by atoms with van der Waals surface area (Å²) in [6, 6.07) is -0.331. The lowest BCUT2D eigenvalue weighted by molar-refractivity contribution is -0.129. The van der Waals surface area contributed by atoms with Crippen LogP contribution in [0.1, 0.15) is 51.4 Å². The molecule has 0 bridgehead atoms. The Labute approximate surface area is 133 Å². The van der Waals surface area contributed by atoms with E-state index in [0.717, 1.165) is 50.7 Å². The molecule has 124 valence electrons. The highest BCUT2D eigenvalue weighted by Crippen LogP contribution is 2.35. The number of fused-ring (bicyclic) bond motifs is 1. The molecule has 1 saturated carbocycles. The summed E-state index contributed by atoms with van der Waals surface area (Å²) in [6.07, 6.45) is 9.46. The van der Waals surface area contributed by atoms with Crippen LogP contribution in [-0.2, 0) is 9.59 Å². The van der Waals surface area contributed by atoms with E-state index >= 15 is 0 Å². The Morgan fingerprint density at radius 3 is 2.73 bits per heavy atom. The molecule has 5 nitrogen and oxygen atoms in total. The summed E-state index contributed by atoms with van der Waals surface area (Å²) >= 11 is 0. The third kappa shape index (κ3) is 4.00. The number of nitrogens with zero attached hydrogens (tertiary/aromatic N) is 1. The van der Waals surface area contributed by atoms with Gasteiger partial charge in [-0.2, -0.15) is 0 Å². The van der Waals surface area contributed by atoms with Crippen molar-refractivity contribution in [1.29, 1.82) is 0 Å². The highest BCUT2D eigenvalue weighted by molar-refractivity contribution is 5.88. The van der Waals surface area contributed by atoms with Crippen LogP contribution < -0.4 is 10.6 Å². The Morgan fingerprint density at radius 2 is 1.86 bits per heavy atom. The van der Waals surface area contributed by atoms with Crippen molar-refractivity contribution < 1.29 is 9.59 Å². The minimum Gasteiger partial charge on any atom is -0.354 e. The first-order valence-electron chi connectivity index (χ1n) is 9.02. The Morgan fingerprint density at radius 1 is 1.09 bits per heavy atom. The van der Waals surface area contributed by atoms with Gasteiger partial charge in [0.25, 0.3) is 0 Å². The molecule has 0 aromatic rings. The van der Waals surface area contributed by atoms with E-state index in [1.165, 1.54) is 32.1 Å². The summed E-state index contributed by atoms with van der Waals surface area (Å²) in [7, 11) is 0. The van der Waals surface area contributed by atoms with Gasteiger partial charge >= 0.3 is 0 Å². The van der Waals surface area contributed by atoms with E-state index in [1.54, 1.807) is 0 Å². The van der Waals surface area contributed by atoms with Gasteiger partial charge in [-0.1, -0.05) is 19.3 Å². The van der Waals surface area contributed by atoms with Gasteiger partial charge in [-0.3, -0.25) is 14.5 Å². The Kier molecular flexibility index (Phi) is 5.34. The number of nitrogens with one attached hydrogen (secondary N) is 2. The average molecular weight is 307 g/mol. The molecule has 0 aromatic carbocycles. The second-order valence-corrected chi connectivity index (χ2v) is 7.24. The molecule has 0 aromatic heterocycles. The van der Waals surface area contributed by atoms with Gasteiger partial charge in [0.15, 0.2) is 0 Å². The maximum absolute atomic E-state index is 12.3. The first-order valence-corrected chi connectivity index (χ1v) is 9.02. The van der Waals surface area contributed by atoms with E-state index in [9.17, 15) is 9.59 Å². The molecule has 3 rings (SSSR count). The zero-order chi connectivity index (χ0) is 15.4. The fourth-order valence-corrected chi connectivity index (χ4v) is 4.34. The number of hydrogen-bond acceptors (Lipinski definition) is 3. The second kappa shape index (κ2) is 7.44. The summed E-state index contributed by atoms with van der Waals surface area (Å²) < 4.78 is 0. The summed E-state index contributed by atoms with van der Waals surface area (Å²) in [5.41, 5.74) is 0. The van der Waals surface area contributed by atoms with Gasteiger partial charge in [0, 0.05) is 13.1 Å². The van der Waals surface area contributed by atoms with Gasteiger partial charge in [0.05, 0.1) is 6.54 Å². The van der Waals surface area contributed by atoms with Gasteiger partial charge in [0.2, 0.25) is 11.8 Å². The molecule has 0 radical (unpaired) electrons. The van der Waals surface area contributed by atoms with Crippen molar-refractivity contribution in [2.24, 2.45) is 11.8 Å². The van der Waals surface area contributed by atoms with Crippen LogP contribution in [0.15, 0.2) is 0 Å². The summed E-state index contributed by atoms with van der Waals surface area (Å²) in [6.45, 7) is 3.29. The minimum atomic E-state index is -0.331.